The van der Waals surface area contributed by atoms with Crippen molar-refractivity contribution in [3.63, 3.8) is 0 Å². The van der Waals surface area contributed by atoms with Crippen LogP contribution in [0.1, 0.15) is 24.8 Å². The van der Waals surface area contributed by atoms with Gasteiger partial charge in [0.05, 0.1) is 0 Å². The molecule has 0 saturated carbocycles. The van der Waals surface area contributed by atoms with Crippen molar-refractivity contribution in [2.75, 3.05) is 42.5 Å². The quantitative estimate of drug-likeness (QED) is 0.878. The molecule has 0 bridgehead atoms. The minimum Gasteiger partial charge on any atom is -0.383 e. The zero-order chi connectivity index (χ0) is 18.1. The predicted octanol–water partition coefficient (Wildman–Crippen LogP) is 2.27. The van der Waals surface area contributed by atoms with Crippen LogP contribution >= 0.6 is 0 Å². The Kier molecular flexibility index (Phi) is 4.40. The molecule has 2 aliphatic heterocycles. The number of hydrogen-bond acceptors (Lipinski definition) is 6. The molecular weight excluding hydrogens is 331 g/mol. The molecule has 26 heavy (non-hydrogen) atoms. The fourth-order valence-corrected chi connectivity index (χ4v) is 4.39. The Morgan fingerprint density at radius 2 is 1.85 bits per heavy atom. The lowest BCUT2D eigenvalue weighted by Gasteiger charge is -2.40. The summed E-state index contributed by atoms with van der Waals surface area (Å²) in [5, 5.41) is 0. The van der Waals surface area contributed by atoms with Gasteiger partial charge < -0.3 is 16.4 Å². The summed E-state index contributed by atoms with van der Waals surface area (Å²) in [5.41, 5.74) is 13.0. The van der Waals surface area contributed by atoms with Crippen LogP contribution < -0.4 is 16.4 Å². The van der Waals surface area contributed by atoms with Gasteiger partial charge in [-0.2, -0.15) is 9.97 Å². The van der Waals surface area contributed by atoms with Crippen LogP contribution in [0.3, 0.4) is 0 Å². The van der Waals surface area contributed by atoms with E-state index in [2.05, 4.69) is 19.8 Å². The number of nitrogens with two attached hydrogens (primary N) is 2. The summed E-state index contributed by atoms with van der Waals surface area (Å²) in [5.74, 6) is 1.28. The number of aromatic nitrogens is 2. The zero-order valence-electron chi connectivity index (χ0n) is 14.9. The highest BCUT2D eigenvalue weighted by Gasteiger charge is 2.41. The molecule has 0 radical (unpaired) electrons. The highest BCUT2D eigenvalue weighted by molar-refractivity contribution is 5.51. The standard InChI is InChI=1S/C19H25FN6/c20-15-4-2-14(3-5-15)11-25-8-1-6-19(12-25)7-9-26(13-19)17-10-16(21)23-18(22)24-17/h2-5,10H,1,6-9,11-13H2,(H4,21,22,23,24)/t19-/m1/s1. The van der Waals surface area contributed by atoms with Gasteiger partial charge in [0, 0.05) is 37.7 Å². The summed E-state index contributed by atoms with van der Waals surface area (Å²) in [6.07, 6.45) is 3.54. The van der Waals surface area contributed by atoms with E-state index in [4.69, 9.17) is 11.5 Å². The first-order chi connectivity index (χ1) is 12.5. The molecule has 4 rings (SSSR count). The number of anilines is 3. The highest BCUT2D eigenvalue weighted by atomic mass is 19.1. The molecule has 6 nitrogen and oxygen atoms in total. The normalized spacial score (nSPS) is 23.7. The lowest BCUT2D eigenvalue weighted by Crippen LogP contribution is -2.44. The molecule has 0 aliphatic carbocycles. The van der Waals surface area contributed by atoms with Crippen LogP contribution in [-0.2, 0) is 6.54 Å². The second kappa shape index (κ2) is 6.72. The molecule has 1 aromatic carbocycles. The smallest absolute Gasteiger partial charge is 0.223 e. The van der Waals surface area contributed by atoms with E-state index >= 15 is 0 Å². The van der Waals surface area contributed by atoms with Gasteiger partial charge in [-0.05, 0) is 43.5 Å². The Morgan fingerprint density at radius 1 is 1.04 bits per heavy atom. The largest absolute Gasteiger partial charge is 0.383 e. The minimum absolute atomic E-state index is 0.182. The van der Waals surface area contributed by atoms with Gasteiger partial charge in [-0.25, -0.2) is 4.39 Å². The molecular formula is C19H25FN6. The van der Waals surface area contributed by atoms with E-state index < -0.39 is 0 Å². The van der Waals surface area contributed by atoms with Crippen LogP contribution in [0.5, 0.6) is 0 Å². The maximum absolute atomic E-state index is 13.1. The van der Waals surface area contributed by atoms with E-state index in [0.29, 0.717) is 5.82 Å². The molecule has 1 spiro atoms. The van der Waals surface area contributed by atoms with Crippen LogP contribution in [0.25, 0.3) is 0 Å². The number of rotatable bonds is 3. The van der Waals surface area contributed by atoms with Crippen molar-refractivity contribution < 1.29 is 4.39 Å². The van der Waals surface area contributed by atoms with Gasteiger partial charge in [-0.1, -0.05) is 12.1 Å². The average molecular weight is 356 g/mol. The molecule has 1 atom stereocenters. The summed E-state index contributed by atoms with van der Waals surface area (Å²) >= 11 is 0. The van der Waals surface area contributed by atoms with Gasteiger partial charge in [-0.3, -0.25) is 4.90 Å². The topological polar surface area (TPSA) is 84.3 Å². The van der Waals surface area contributed by atoms with Crippen LogP contribution in [0.15, 0.2) is 30.3 Å². The summed E-state index contributed by atoms with van der Waals surface area (Å²) in [6, 6.07) is 8.63. The molecule has 2 fully saturated rings. The van der Waals surface area contributed by atoms with Crippen LogP contribution in [0.4, 0.5) is 22.0 Å². The first kappa shape index (κ1) is 17.0. The van der Waals surface area contributed by atoms with Crippen LogP contribution in [-0.4, -0.2) is 41.0 Å². The molecule has 0 unspecified atom stereocenters. The molecule has 0 amide bonds. The SMILES string of the molecule is Nc1cc(N2CC[C@@]3(CCCN(Cc4ccc(F)cc4)C3)C2)nc(N)n1. The molecule has 7 heteroatoms. The molecule has 2 saturated heterocycles. The fourth-order valence-electron chi connectivity index (χ4n) is 4.39. The molecule has 3 heterocycles. The lowest BCUT2D eigenvalue weighted by atomic mass is 9.79. The van der Waals surface area contributed by atoms with Crippen molar-refractivity contribution >= 4 is 17.6 Å². The summed E-state index contributed by atoms with van der Waals surface area (Å²) in [7, 11) is 0. The van der Waals surface area contributed by atoms with Gasteiger partial charge in [0.25, 0.3) is 0 Å². The second-order valence-corrected chi connectivity index (χ2v) is 7.62. The molecule has 1 aromatic heterocycles. The third-order valence-electron chi connectivity index (χ3n) is 5.57. The zero-order valence-corrected chi connectivity index (χ0v) is 14.9. The van der Waals surface area contributed by atoms with E-state index in [1.807, 2.05) is 12.1 Å². The summed E-state index contributed by atoms with van der Waals surface area (Å²) < 4.78 is 13.1. The minimum atomic E-state index is -0.182. The van der Waals surface area contributed by atoms with E-state index in [0.717, 1.165) is 50.5 Å². The van der Waals surface area contributed by atoms with E-state index in [9.17, 15) is 4.39 Å². The number of benzene rings is 1. The Labute approximate surface area is 153 Å². The Bertz CT molecular complexity index is 760. The lowest BCUT2D eigenvalue weighted by molar-refractivity contribution is 0.0991. The number of nitrogens with zero attached hydrogens (tertiary/aromatic N) is 4. The first-order valence-electron chi connectivity index (χ1n) is 9.13. The van der Waals surface area contributed by atoms with Gasteiger partial charge in [-0.15, -0.1) is 0 Å². The van der Waals surface area contributed by atoms with E-state index in [1.54, 1.807) is 6.07 Å². The maximum atomic E-state index is 13.1. The van der Waals surface area contributed by atoms with Crippen molar-refractivity contribution in [3.05, 3.63) is 41.7 Å². The maximum Gasteiger partial charge on any atom is 0.223 e. The van der Waals surface area contributed by atoms with Gasteiger partial charge in [0.2, 0.25) is 5.95 Å². The Morgan fingerprint density at radius 3 is 2.62 bits per heavy atom. The number of likely N-dealkylation sites (tertiary alicyclic amines) is 1. The van der Waals surface area contributed by atoms with Gasteiger partial charge in [0.15, 0.2) is 0 Å². The number of hydrogen-bond donors (Lipinski definition) is 2. The average Bonchev–Trinajstić information content (AvgIpc) is 3.00. The number of piperidine rings is 1. The second-order valence-electron chi connectivity index (χ2n) is 7.62. The van der Waals surface area contributed by atoms with Crippen molar-refractivity contribution in [1.82, 2.24) is 14.9 Å². The predicted molar refractivity (Wildman–Crippen MR) is 101 cm³/mol. The van der Waals surface area contributed by atoms with Crippen molar-refractivity contribution in [2.24, 2.45) is 5.41 Å². The van der Waals surface area contributed by atoms with Crippen molar-refractivity contribution in [1.29, 1.82) is 0 Å². The highest BCUT2D eigenvalue weighted by Crippen LogP contribution is 2.40. The van der Waals surface area contributed by atoms with Crippen molar-refractivity contribution in [3.8, 4) is 0 Å². The van der Waals surface area contributed by atoms with Crippen LogP contribution in [0, 0.1) is 11.2 Å². The van der Waals surface area contributed by atoms with E-state index in [-0.39, 0.29) is 17.2 Å². The Hall–Kier alpha value is -2.41. The third-order valence-corrected chi connectivity index (χ3v) is 5.57. The summed E-state index contributed by atoms with van der Waals surface area (Å²) in [4.78, 5) is 13.1. The van der Waals surface area contributed by atoms with Gasteiger partial charge >= 0.3 is 0 Å². The summed E-state index contributed by atoms with van der Waals surface area (Å²) in [6.45, 7) is 4.93. The number of halogens is 1. The molecule has 4 N–H and O–H groups in total. The third kappa shape index (κ3) is 3.58. The molecule has 2 aliphatic rings. The molecule has 138 valence electrons. The Balaban J connectivity index is 1.44. The molecule has 2 aromatic rings. The van der Waals surface area contributed by atoms with Gasteiger partial charge in [0.1, 0.15) is 17.5 Å². The van der Waals surface area contributed by atoms with E-state index in [1.165, 1.54) is 25.0 Å². The monoisotopic (exact) mass is 356 g/mol. The number of nitrogen functional groups attached to an aromatic ring is 2. The first-order valence-corrected chi connectivity index (χ1v) is 9.13. The fraction of sp³-hybridized carbons (Fsp3) is 0.474. The van der Waals surface area contributed by atoms with Crippen LogP contribution in [0.2, 0.25) is 0 Å². The van der Waals surface area contributed by atoms with Crippen molar-refractivity contribution in [2.45, 2.75) is 25.8 Å².